The molecule has 1 aromatic heterocycles. The van der Waals surface area contributed by atoms with Crippen LogP contribution in [0.4, 0.5) is 14.8 Å². The Morgan fingerprint density at radius 2 is 1.86 bits per heavy atom. The van der Waals surface area contributed by atoms with E-state index in [0.717, 1.165) is 30.7 Å². The lowest BCUT2D eigenvalue weighted by Crippen LogP contribution is -2.31. The van der Waals surface area contributed by atoms with E-state index in [9.17, 15) is 13.6 Å². The minimum atomic E-state index is -0.832. The maximum absolute atomic E-state index is 13.8. The molecule has 1 aliphatic rings. The highest BCUT2D eigenvalue weighted by Crippen LogP contribution is 2.29. The van der Waals surface area contributed by atoms with Crippen molar-refractivity contribution < 1.29 is 18.0 Å². The second-order valence-electron chi connectivity index (χ2n) is 7.14. The Kier molecular flexibility index (Phi) is 5.25. The van der Waals surface area contributed by atoms with E-state index in [4.69, 9.17) is 4.42 Å². The third-order valence-electron chi connectivity index (χ3n) is 5.22. The summed E-state index contributed by atoms with van der Waals surface area (Å²) in [4.78, 5) is 18.7. The number of benzene rings is 2. The fourth-order valence-electron chi connectivity index (χ4n) is 3.59. The number of hydrogen-bond acceptors (Lipinski definition) is 4. The third-order valence-corrected chi connectivity index (χ3v) is 5.22. The maximum atomic E-state index is 13.8. The van der Waals surface area contributed by atoms with Crippen LogP contribution in [0.25, 0.3) is 5.57 Å². The first-order chi connectivity index (χ1) is 14.0. The van der Waals surface area contributed by atoms with Crippen LogP contribution >= 0.6 is 0 Å². The second-order valence-corrected chi connectivity index (χ2v) is 7.14. The summed E-state index contributed by atoms with van der Waals surface area (Å²) in [6.07, 6.45) is 4.04. The predicted octanol–water partition coefficient (Wildman–Crippen LogP) is 5.06. The molecule has 1 aliphatic heterocycles. The molecule has 0 amide bonds. The first kappa shape index (κ1) is 19.1. The lowest BCUT2D eigenvalue weighted by Gasteiger charge is -2.29. The normalized spacial score (nSPS) is 14.4. The molecule has 148 valence electrons. The van der Waals surface area contributed by atoms with E-state index in [-0.39, 0.29) is 6.42 Å². The predicted molar refractivity (Wildman–Crippen MR) is 107 cm³/mol. The number of aromatic nitrogens is 1. The zero-order valence-corrected chi connectivity index (χ0v) is 16.0. The third kappa shape index (κ3) is 3.97. The van der Waals surface area contributed by atoms with Crippen molar-refractivity contribution in [1.82, 2.24) is 4.98 Å². The van der Waals surface area contributed by atoms with E-state index in [0.29, 0.717) is 18.1 Å². The van der Waals surface area contributed by atoms with Crippen LogP contribution in [0.3, 0.4) is 0 Å². The van der Waals surface area contributed by atoms with Gasteiger partial charge in [0.05, 0.1) is 11.8 Å². The van der Waals surface area contributed by atoms with Gasteiger partial charge < -0.3 is 9.32 Å². The number of ketones is 1. The van der Waals surface area contributed by atoms with Crippen molar-refractivity contribution in [1.29, 1.82) is 0 Å². The standard InChI is InChI=1S/C23H20F2N2O2/c1-15-9-11-27(23-26-10-12-29-23)14-18(15)17-7-5-16(6-8-17)13-21(28)22-19(24)3-2-4-20(22)25/h2-8,10,12H,9,11,13-14H2,1H3. The molecule has 0 radical (unpaired) electrons. The summed E-state index contributed by atoms with van der Waals surface area (Å²) in [5.74, 6) is -2.24. The van der Waals surface area contributed by atoms with Gasteiger partial charge in [-0.15, -0.1) is 0 Å². The van der Waals surface area contributed by atoms with E-state index in [1.165, 1.54) is 17.2 Å². The van der Waals surface area contributed by atoms with Crippen LogP contribution < -0.4 is 4.90 Å². The minimum absolute atomic E-state index is 0.0569. The monoisotopic (exact) mass is 394 g/mol. The Morgan fingerprint density at radius 3 is 2.52 bits per heavy atom. The summed E-state index contributed by atoms with van der Waals surface area (Å²) < 4.78 is 33.1. The molecule has 3 aromatic rings. The number of Topliss-reactive ketones (excluding diaryl/α,β-unsaturated/α-hetero) is 1. The van der Waals surface area contributed by atoms with Crippen LogP contribution in [-0.2, 0) is 6.42 Å². The summed E-state index contributed by atoms with van der Waals surface area (Å²) in [5, 5.41) is 0. The molecule has 6 heteroatoms. The fraction of sp³-hybridized carbons (Fsp3) is 0.217. The molecule has 0 saturated heterocycles. The molecular weight excluding hydrogens is 374 g/mol. The number of carbonyl (C=O) groups excluding carboxylic acids is 1. The molecule has 0 atom stereocenters. The zero-order chi connectivity index (χ0) is 20.4. The molecule has 4 rings (SSSR count). The fourth-order valence-corrected chi connectivity index (χ4v) is 3.59. The Balaban J connectivity index is 1.51. The van der Waals surface area contributed by atoms with Gasteiger partial charge in [0.1, 0.15) is 17.9 Å². The van der Waals surface area contributed by atoms with Crippen molar-refractivity contribution in [2.75, 3.05) is 18.0 Å². The molecule has 0 unspecified atom stereocenters. The summed E-state index contributed by atoms with van der Waals surface area (Å²) in [7, 11) is 0. The van der Waals surface area contributed by atoms with Gasteiger partial charge in [-0.1, -0.05) is 35.9 Å². The van der Waals surface area contributed by atoms with E-state index >= 15 is 0 Å². The molecule has 0 spiro atoms. The number of nitrogens with zero attached hydrogens (tertiary/aromatic N) is 2. The number of halogens is 2. The molecule has 0 bridgehead atoms. The number of anilines is 1. The summed E-state index contributed by atoms with van der Waals surface area (Å²) in [5.41, 5.74) is 3.76. The molecule has 0 fully saturated rings. The Bertz CT molecular complexity index is 1040. The number of oxazole rings is 1. The van der Waals surface area contributed by atoms with Gasteiger partial charge >= 0.3 is 0 Å². The number of rotatable bonds is 5. The summed E-state index contributed by atoms with van der Waals surface area (Å²) in [6.45, 7) is 3.64. The second kappa shape index (κ2) is 7.99. The highest BCUT2D eigenvalue weighted by molar-refractivity contribution is 5.98. The number of carbonyl (C=O) groups is 1. The quantitative estimate of drug-likeness (QED) is 0.568. The molecule has 0 N–H and O–H groups in total. The Morgan fingerprint density at radius 1 is 1.14 bits per heavy atom. The van der Waals surface area contributed by atoms with Crippen LogP contribution in [0, 0.1) is 11.6 Å². The lowest BCUT2D eigenvalue weighted by atomic mass is 9.93. The van der Waals surface area contributed by atoms with E-state index in [1.54, 1.807) is 12.5 Å². The van der Waals surface area contributed by atoms with Crippen molar-refractivity contribution in [3.63, 3.8) is 0 Å². The van der Waals surface area contributed by atoms with E-state index in [1.807, 2.05) is 24.3 Å². The average molecular weight is 394 g/mol. The molecule has 0 aliphatic carbocycles. The van der Waals surface area contributed by atoms with Crippen LogP contribution in [0.1, 0.15) is 34.8 Å². The average Bonchev–Trinajstić information content (AvgIpc) is 3.24. The van der Waals surface area contributed by atoms with Crippen LogP contribution in [-0.4, -0.2) is 23.9 Å². The first-order valence-electron chi connectivity index (χ1n) is 9.42. The van der Waals surface area contributed by atoms with Crippen LogP contribution in [0.15, 0.2) is 64.9 Å². The minimum Gasteiger partial charge on any atom is -0.432 e. The smallest absolute Gasteiger partial charge is 0.297 e. The van der Waals surface area contributed by atoms with E-state index in [2.05, 4.69) is 16.8 Å². The van der Waals surface area contributed by atoms with Crippen LogP contribution in [0.2, 0.25) is 0 Å². The highest BCUT2D eigenvalue weighted by Gasteiger charge is 2.21. The van der Waals surface area contributed by atoms with Crippen LogP contribution in [0.5, 0.6) is 0 Å². The zero-order valence-electron chi connectivity index (χ0n) is 16.0. The van der Waals surface area contributed by atoms with Gasteiger partial charge in [-0.2, -0.15) is 0 Å². The molecule has 29 heavy (non-hydrogen) atoms. The van der Waals surface area contributed by atoms with Crippen molar-refractivity contribution in [3.05, 3.63) is 88.8 Å². The van der Waals surface area contributed by atoms with Gasteiger partial charge in [0.15, 0.2) is 5.78 Å². The van der Waals surface area contributed by atoms with Crippen molar-refractivity contribution in [2.45, 2.75) is 19.8 Å². The largest absolute Gasteiger partial charge is 0.432 e. The van der Waals surface area contributed by atoms with E-state index < -0.39 is 23.0 Å². The van der Waals surface area contributed by atoms with Gasteiger partial charge in [0.2, 0.25) is 0 Å². The molecule has 4 nitrogen and oxygen atoms in total. The number of hydrogen-bond donors (Lipinski definition) is 0. The SMILES string of the molecule is CC1=C(c2ccc(CC(=O)c3c(F)cccc3F)cc2)CN(c2ncco2)CC1. The van der Waals surface area contributed by atoms with Gasteiger partial charge in [0.25, 0.3) is 6.01 Å². The van der Waals surface area contributed by atoms with Gasteiger partial charge in [-0.3, -0.25) is 4.79 Å². The summed E-state index contributed by atoms with van der Waals surface area (Å²) in [6, 6.07) is 11.6. The summed E-state index contributed by atoms with van der Waals surface area (Å²) >= 11 is 0. The van der Waals surface area contributed by atoms with Crippen molar-refractivity contribution in [3.8, 4) is 0 Å². The Hall–Kier alpha value is -3.28. The molecule has 0 saturated carbocycles. The Labute approximate surface area is 167 Å². The lowest BCUT2D eigenvalue weighted by molar-refractivity contribution is 0.0985. The molecular formula is C23H20F2N2O2. The van der Waals surface area contributed by atoms with Gasteiger partial charge in [-0.05, 0) is 42.2 Å². The van der Waals surface area contributed by atoms with Gasteiger partial charge in [0, 0.05) is 19.5 Å². The van der Waals surface area contributed by atoms with Crippen molar-refractivity contribution >= 4 is 17.4 Å². The maximum Gasteiger partial charge on any atom is 0.297 e. The molecule has 2 aromatic carbocycles. The van der Waals surface area contributed by atoms with Gasteiger partial charge in [-0.25, -0.2) is 13.8 Å². The van der Waals surface area contributed by atoms with Crippen molar-refractivity contribution in [2.24, 2.45) is 0 Å². The highest BCUT2D eigenvalue weighted by atomic mass is 19.1. The topological polar surface area (TPSA) is 46.3 Å². The first-order valence-corrected chi connectivity index (χ1v) is 9.42. The molecule has 2 heterocycles.